The van der Waals surface area contributed by atoms with Crippen LogP contribution in [0.5, 0.6) is 0 Å². The third-order valence-corrected chi connectivity index (χ3v) is 2.97. The number of fused-ring (bicyclic) bond motifs is 3. The van der Waals surface area contributed by atoms with Gasteiger partial charge in [0.2, 0.25) is 0 Å². The smallest absolute Gasteiger partial charge is 1.00 e. The molecular weight excluding hydrogens is 366 g/mol. The predicted molar refractivity (Wildman–Crippen MR) is 73.8 cm³/mol. The summed E-state index contributed by atoms with van der Waals surface area (Å²) in [7, 11) is 0. The summed E-state index contributed by atoms with van der Waals surface area (Å²) in [6.07, 6.45) is 3.33. The summed E-state index contributed by atoms with van der Waals surface area (Å²) < 4.78 is 0. The van der Waals surface area contributed by atoms with E-state index >= 15 is 0 Å². The zero-order valence-electron chi connectivity index (χ0n) is 11.6. The van der Waals surface area contributed by atoms with Gasteiger partial charge in [0, 0.05) is 0 Å². The molecule has 0 atom stereocenters. The topological polar surface area (TPSA) is 0 Å². The Morgan fingerprint density at radius 3 is 2.30 bits per heavy atom. The Morgan fingerprint density at radius 1 is 1.05 bits per heavy atom. The monoisotopic (exact) mass is 382 g/mol. The maximum Gasteiger partial charge on any atom is 4.00 e. The SMILES string of the molecule is [CH2-]CCC.[Cl-].[Cl-].[Zr+4].[c-]1cccc2c1Cc1ccccc1-2. The molecule has 0 nitrogen and oxygen atoms in total. The van der Waals surface area contributed by atoms with E-state index in [2.05, 4.69) is 56.3 Å². The Bertz CT molecular complexity index is 452. The van der Waals surface area contributed by atoms with Gasteiger partial charge in [-0.25, -0.2) is 0 Å². The summed E-state index contributed by atoms with van der Waals surface area (Å²) in [5.74, 6) is 0. The van der Waals surface area contributed by atoms with Gasteiger partial charge in [-0.2, -0.15) is 36.2 Å². The van der Waals surface area contributed by atoms with Crippen LogP contribution in [0.1, 0.15) is 30.9 Å². The molecule has 104 valence electrons. The van der Waals surface area contributed by atoms with Crippen LogP contribution in [0.25, 0.3) is 11.1 Å². The molecule has 0 spiro atoms. The van der Waals surface area contributed by atoms with Gasteiger partial charge in [-0.3, -0.25) is 0 Å². The van der Waals surface area contributed by atoms with Crippen molar-refractivity contribution >= 4 is 0 Å². The van der Waals surface area contributed by atoms with Crippen LogP contribution in [-0.2, 0) is 32.6 Å². The van der Waals surface area contributed by atoms with Crippen molar-refractivity contribution in [2.75, 3.05) is 0 Å². The number of hydrogen-bond acceptors (Lipinski definition) is 0. The van der Waals surface area contributed by atoms with Crippen molar-refractivity contribution in [2.45, 2.75) is 26.2 Å². The van der Waals surface area contributed by atoms with Crippen molar-refractivity contribution in [2.24, 2.45) is 0 Å². The zero-order chi connectivity index (χ0) is 12.1. The number of unbranched alkanes of at least 4 members (excludes halogenated alkanes) is 1. The van der Waals surface area contributed by atoms with E-state index in [4.69, 9.17) is 0 Å². The molecule has 0 heterocycles. The molecule has 0 saturated carbocycles. The second-order valence-electron chi connectivity index (χ2n) is 4.25. The molecule has 3 rings (SSSR count). The Morgan fingerprint density at radius 2 is 1.65 bits per heavy atom. The first-order valence-corrected chi connectivity index (χ1v) is 6.24. The van der Waals surface area contributed by atoms with Crippen LogP contribution in [-0.4, -0.2) is 0 Å². The van der Waals surface area contributed by atoms with E-state index in [1.165, 1.54) is 28.7 Å². The first kappa shape index (κ1) is 22.2. The van der Waals surface area contributed by atoms with Gasteiger partial charge in [-0.05, 0) is 6.42 Å². The molecule has 3 heteroatoms. The minimum absolute atomic E-state index is 0. The van der Waals surface area contributed by atoms with Gasteiger partial charge in [-0.1, -0.05) is 48.7 Å². The van der Waals surface area contributed by atoms with Crippen molar-refractivity contribution in [1.82, 2.24) is 0 Å². The van der Waals surface area contributed by atoms with E-state index in [0.717, 1.165) is 12.8 Å². The average molecular weight is 384 g/mol. The minimum atomic E-state index is 0. The standard InChI is InChI=1S/C13H9.C4H9.2ClH.Zr/c1-3-7-12-10(5-1)9-11-6-2-4-8-13(11)12;1-3-4-2;;;/h1-5,7-8H,9H2;1,3-4H2,2H3;2*1H;/q2*-1;;;+4/p-2. The van der Waals surface area contributed by atoms with Crippen LogP contribution in [0.3, 0.4) is 0 Å². The largest absolute Gasteiger partial charge is 4.00 e. The fourth-order valence-corrected chi connectivity index (χ4v) is 2.00. The summed E-state index contributed by atoms with van der Waals surface area (Å²) in [6.45, 7) is 5.72. The molecule has 0 aromatic heterocycles. The van der Waals surface area contributed by atoms with Crippen LogP contribution >= 0.6 is 0 Å². The third-order valence-electron chi connectivity index (χ3n) is 2.97. The molecule has 2 aromatic rings. The molecule has 0 amide bonds. The number of hydrogen-bond donors (Lipinski definition) is 0. The first-order chi connectivity index (χ1) is 8.36. The Kier molecular flexibility index (Phi) is 12.8. The van der Waals surface area contributed by atoms with Crippen molar-refractivity contribution in [3.63, 3.8) is 0 Å². The molecule has 1 aliphatic rings. The van der Waals surface area contributed by atoms with Crippen LogP contribution in [0.2, 0.25) is 0 Å². The summed E-state index contributed by atoms with van der Waals surface area (Å²) in [4.78, 5) is 0. The maximum absolute atomic E-state index is 3.60. The molecule has 20 heavy (non-hydrogen) atoms. The minimum Gasteiger partial charge on any atom is -1.00 e. The van der Waals surface area contributed by atoms with E-state index in [1.807, 2.05) is 6.07 Å². The van der Waals surface area contributed by atoms with Gasteiger partial charge in [0.1, 0.15) is 0 Å². The van der Waals surface area contributed by atoms with Crippen LogP contribution < -0.4 is 24.8 Å². The fourth-order valence-electron chi connectivity index (χ4n) is 2.00. The van der Waals surface area contributed by atoms with E-state index < -0.39 is 0 Å². The van der Waals surface area contributed by atoms with E-state index in [9.17, 15) is 0 Å². The zero-order valence-corrected chi connectivity index (χ0v) is 15.6. The Hall–Kier alpha value is -0.0969. The maximum atomic E-state index is 3.60. The Balaban J connectivity index is 0. The average Bonchev–Trinajstić information content (AvgIpc) is 2.77. The van der Waals surface area contributed by atoms with Gasteiger partial charge in [-0.15, -0.1) is 5.56 Å². The number of benzene rings is 2. The molecule has 0 aliphatic heterocycles. The summed E-state index contributed by atoms with van der Waals surface area (Å²) in [5, 5.41) is 0. The van der Waals surface area contributed by atoms with Crippen molar-refractivity contribution in [3.8, 4) is 11.1 Å². The third kappa shape index (κ3) is 5.36. The second kappa shape index (κ2) is 11.6. The number of halogens is 2. The summed E-state index contributed by atoms with van der Waals surface area (Å²) in [5.41, 5.74) is 5.51. The molecule has 0 radical (unpaired) electrons. The second-order valence-corrected chi connectivity index (χ2v) is 4.25. The summed E-state index contributed by atoms with van der Waals surface area (Å²) >= 11 is 0. The molecular formula is C17H18Cl2Zr. The Labute approximate surface area is 154 Å². The summed E-state index contributed by atoms with van der Waals surface area (Å²) in [6, 6.07) is 18.1. The molecule has 0 N–H and O–H groups in total. The van der Waals surface area contributed by atoms with E-state index in [0.29, 0.717) is 0 Å². The van der Waals surface area contributed by atoms with Gasteiger partial charge in [0.15, 0.2) is 0 Å². The van der Waals surface area contributed by atoms with Gasteiger partial charge in [0.25, 0.3) is 0 Å². The van der Waals surface area contributed by atoms with E-state index in [1.54, 1.807) is 0 Å². The first-order valence-electron chi connectivity index (χ1n) is 6.24. The van der Waals surface area contributed by atoms with Crippen molar-refractivity contribution < 1.29 is 51.0 Å². The van der Waals surface area contributed by atoms with E-state index in [-0.39, 0.29) is 51.0 Å². The fraction of sp³-hybridized carbons (Fsp3) is 0.235. The van der Waals surface area contributed by atoms with Crippen molar-refractivity contribution in [3.05, 3.63) is 66.6 Å². The van der Waals surface area contributed by atoms with Gasteiger partial charge >= 0.3 is 26.2 Å². The van der Waals surface area contributed by atoms with Crippen molar-refractivity contribution in [1.29, 1.82) is 0 Å². The molecule has 1 aliphatic carbocycles. The van der Waals surface area contributed by atoms with Crippen LogP contribution in [0, 0.1) is 13.0 Å². The molecule has 0 unspecified atom stereocenters. The molecule has 0 saturated heterocycles. The number of rotatable bonds is 1. The normalized spacial score (nSPS) is 9.50. The quantitative estimate of drug-likeness (QED) is 0.457. The molecule has 0 bridgehead atoms. The molecule has 2 aromatic carbocycles. The van der Waals surface area contributed by atoms with Crippen LogP contribution in [0.4, 0.5) is 0 Å². The van der Waals surface area contributed by atoms with Crippen LogP contribution in [0.15, 0.2) is 42.5 Å². The molecule has 0 fully saturated rings. The predicted octanol–water partition coefficient (Wildman–Crippen LogP) is -1.32. The van der Waals surface area contributed by atoms with Gasteiger partial charge < -0.3 is 31.7 Å². The van der Waals surface area contributed by atoms with Gasteiger partial charge in [0.05, 0.1) is 0 Å².